The molecule has 0 aromatic heterocycles. The lowest BCUT2D eigenvalue weighted by atomic mass is 9.86. The van der Waals surface area contributed by atoms with Crippen molar-refractivity contribution < 1.29 is 14.6 Å². The zero-order valence-corrected chi connectivity index (χ0v) is 15.1. The Bertz CT molecular complexity index is 981. The SMILES string of the molecule is Cc1cc(N2N=C3c4ccc(C(=O)O)cc4OCC3C2C2CC2)ccc1N. The molecule has 2 aromatic carbocycles. The van der Waals surface area contributed by atoms with Gasteiger partial charge in [0, 0.05) is 11.3 Å². The fourth-order valence-electron chi connectivity index (χ4n) is 4.18. The number of nitrogens with two attached hydrogens (primary N) is 1. The number of hydrogen-bond donors (Lipinski definition) is 2. The minimum absolute atomic E-state index is 0.193. The first kappa shape index (κ1) is 16.2. The van der Waals surface area contributed by atoms with E-state index in [9.17, 15) is 9.90 Å². The van der Waals surface area contributed by atoms with Crippen molar-refractivity contribution in [3.05, 3.63) is 53.1 Å². The van der Waals surface area contributed by atoms with E-state index < -0.39 is 5.97 Å². The summed E-state index contributed by atoms with van der Waals surface area (Å²) in [5, 5.41) is 16.4. The van der Waals surface area contributed by atoms with Crippen LogP contribution >= 0.6 is 0 Å². The highest BCUT2D eigenvalue weighted by atomic mass is 16.5. The van der Waals surface area contributed by atoms with Gasteiger partial charge in [0.25, 0.3) is 0 Å². The number of anilines is 2. The average molecular weight is 363 g/mol. The van der Waals surface area contributed by atoms with Gasteiger partial charge in [0.1, 0.15) is 5.75 Å². The number of carboxylic acids is 1. The Hall–Kier alpha value is -3.02. The summed E-state index contributed by atoms with van der Waals surface area (Å²) in [6, 6.07) is 11.4. The van der Waals surface area contributed by atoms with E-state index in [1.54, 1.807) is 12.1 Å². The Morgan fingerprint density at radius 1 is 1.26 bits per heavy atom. The van der Waals surface area contributed by atoms with Gasteiger partial charge in [-0.25, -0.2) is 4.79 Å². The highest BCUT2D eigenvalue weighted by Crippen LogP contribution is 2.47. The summed E-state index contributed by atoms with van der Waals surface area (Å²) in [6.07, 6.45) is 2.42. The molecule has 0 amide bonds. The first-order valence-electron chi connectivity index (χ1n) is 9.27. The molecule has 2 aromatic rings. The molecule has 3 aliphatic rings. The Kier molecular flexibility index (Phi) is 3.44. The van der Waals surface area contributed by atoms with Crippen LogP contribution in [0.4, 0.5) is 11.4 Å². The van der Waals surface area contributed by atoms with Crippen LogP contribution in [0.15, 0.2) is 41.5 Å². The molecule has 0 radical (unpaired) electrons. The highest BCUT2D eigenvalue weighted by molar-refractivity contribution is 6.08. The second kappa shape index (κ2) is 5.74. The van der Waals surface area contributed by atoms with E-state index in [0.29, 0.717) is 18.3 Å². The number of hydrogen-bond acceptors (Lipinski definition) is 5. The Morgan fingerprint density at radius 3 is 2.78 bits per heavy atom. The van der Waals surface area contributed by atoms with Crippen LogP contribution in [0.2, 0.25) is 0 Å². The van der Waals surface area contributed by atoms with Crippen molar-refractivity contribution in [3.8, 4) is 5.75 Å². The molecule has 5 rings (SSSR count). The second-order valence-electron chi connectivity index (χ2n) is 7.63. The highest BCUT2D eigenvalue weighted by Gasteiger charge is 2.49. The van der Waals surface area contributed by atoms with Crippen LogP contribution in [0, 0.1) is 18.8 Å². The molecule has 0 saturated heterocycles. The van der Waals surface area contributed by atoms with Gasteiger partial charge in [0.15, 0.2) is 0 Å². The molecule has 2 atom stereocenters. The van der Waals surface area contributed by atoms with Crippen molar-refractivity contribution in [2.24, 2.45) is 16.9 Å². The molecule has 2 unspecified atom stereocenters. The number of fused-ring (bicyclic) bond motifs is 3. The van der Waals surface area contributed by atoms with Gasteiger partial charge in [-0.15, -0.1) is 0 Å². The molecule has 2 aliphatic heterocycles. The number of nitrogens with zero attached hydrogens (tertiary/aromatic N) is 2. The normalized spacial score (nSPS) is 23.3. The van der Waals surface area contributed by atoms with Crippen LogP contribution in [0.5, 0.6) is 5.75 Å². The molecule has 138 valence electrons. The van der Waals surface area contributed by atoms with E-state index >= 15 is 0 Å². The largest absolute Gasteiger partial charge is 0.492 e. The number of aromatic carboxylic acids is 1. The van der Waals surface area contributed by atoms with Crippen LogP contribution in [-0.4, -0.2) is 29.4 Å². The number of carboxylic acid groups (broad SMARTS) is 1. The lowest BCUT2D eigenvalue weighted by Crippen LogP contribution is -2.40. The van der Waals surface area contributed by atoms with Crippen molar-refractivity contribution in [2.75, 3.05) is 17.3 Å². The second-order valence-corrected chi connectivity index (χ2v) is 7.63. The van der Waals surface area contributed by atoms with E-state index in [4.69, 9.17) is 15.6 Å². The van der Waals surface area contributed by atoms with Gasteiger partial charge in [-0.3, -0.25) is 5.01 Å². The Morgan fingerprint density at radius 2 is 2.07 bits per heavy atom. The maximum absolute atomic E-state index is 11.3. The molecule has 1 fully saturated rings. The summed E-state index contributed by atoms with van der Waals surface area (Å²) in [7, 11) is 0. The van der Waals surface area contributed by atoms with Crippen molar-refractivity contribution in [1.29, 1.82) is 0 Å². The molecular weight excluding hydrogens is 342 g/mol. The molecule has 0 bridgehead atoms. The third-order valence-electron chi connectivity index (χ3n) is 5.81. The lowest BCUT2D eigenvalue weighted by molar-refractivity contribution is 0.0696. The minimum atomic E-state index is -0.952. The lowest BCUT2D eigenvalue weighted by Gasteiger charge is -2.30. The summed E-state index contributed by atoms with van der Waals surface area (Å²) in [5.74, 6) is 0.456. The molecule has 27 heavy (non-hydrogen) atoms. The fraction of sp³-hybridized carbons (Fsp3) is 0.333. The van der Waals surface area contributed by atoms with E-state index in [-0.39, 0.29) is 17.5 Å². The van der Waals surface area contributed by atoms with Crippen LogP contribution in [0.1, 0.15) is 34.3 Å². The molecule has 2 heterocycles. The van der Waals surface area contributed by atoms with Gasteiger partial charge in [0.05, 0.1) is 35.5 Å². The van der Waals surface area contributed by atoms with Crippen LogP contribution in [0.25, 0.3) is 0 Å². The zero-order chi connectivity index (χ0) is 18.7. The third-order valence-corrected chi connectivity index (χ3v) is 5.81. The zero-order valence-electron chi connectivity index (χ0n) is 15.1. The number of carbonyl (C=O) groups is 1. The predicted molar refractivity (Wildman–Crippen MR) is 104 cm³/mol. The van der Waals surface area contributed by atoms with Gasteiger partial charge >= 0.3 is 5.97 Å². The van der Waals surface area contributed by atoms with Gasteiger partial charge in [-0.2, -0.15) is 5.10 Å². The number of aryl methyl sites for hydroxylation is 1. The van der Waals surface area contributed by atoms with Gasteiger partial charge in [-0.05, 0) is 67.6 Å². The molecule has 6 nitrogen and oxygen atoms in total. The van der Waals surface area contributed by atoms with Crippen molar-refractivity contribution in [1.82, 2.24) is 0 Å². The Balaban J connectivity index is 1.59. The maximum Gasteiger partial charge on any atom is 0.335 e. The molecular formula is C21H21N3O3. The van der Waals surface area contributed by atoms with Crippen molar-refractivity contribution >= 4 is 23.1 Å². The van der Waals surface area contributed by atoms with Gasteiger partial charge in [-0.1, -0.05) is 0 Å². The summed E-state index contributed by atoms with van der Waals surface area (Å²) in [4.78, 5) is 11.3. The topological polar surface area (TPSA) is 88.2 Å². The van der Waals surface area contributed by atoms with Crippen molar-refractivity contribution in [2.45, 2.75) is 25.8 Å². The third kappa shape index (κ3) is 2.55. The van der Waals surface area contributed by atoms with Crippen LogP contribution in [0.3, 0.4) is 0 Å². The van der Waals surface area contributed by atoms with E-state index in [0.717, 1.165) is 28.2 Å². The number of ether oxygens (including phenoxy) is 1. The summed E-state index contributed by atoms with van der Waals surface area (Å²) in [6.45, 7) is 2.54. The smallest absolute Gasteiger partial charge is 0.335 e. The monoisotopic (exact) mass is 363 g/mol. The first-order valence-corrected chi connectivity index (χ1v) is 9.27. The number of rotatable bonds is 3. The van der Waals surface area contributed by atoms with E-state index in [1.165, 1.54) is 12.8 Å². The number of benzene rings is 2. The minimum Gasteiger partial charge on any atom is -0.492 e. The number of nitrogen functional groups attached to an aromatic ring is 1. The molecule has 1 aliphatic carbocycles. The summed E-state index contributed by atoms with van der Waals surface area (Å²) in [5.41, 5.74) is 11.0. The van der Waals surface area contributed by atoms with E-state index in [1.807, 2.05) is 25.1 Å². The van der Waals surface area contributed by atoms with Crippen LogP contribution in [-0.2, 0) is 0 Å². The van der Waals surface area contributed by atoms with Gasteiger partial charge in [0.2, 0.25) is 0 Å². The predicted octanol–water partition coefficient (Wildman–Crippen LogP) is 3.29. The molecule has 3 N–H and O–H groups in total. The summed E-state index contributed by atoms with van der Waals surface area (Å²) < 4.78 is 5.97. The molecule has 1 saturated carbocycles. The Labute approximate surface area is 157 Å². The molecule has 0 spiro atoms. The number of hydrazone groups is 1. The maximum atomic E-state index is 11.3. The quantitative estimate of drug-likeness (QED) is 0.817. The van der Waals surface area contributed by atoms with Crippen LogP contribution < -0.4 is 15.5 Å². The molecule has 6 heteroatoms. The summed E-state index contributed by atoms with van der Waals surface area (Å²) >= 11 is 0. The van der Waals surface area contributed by atoms with Gasteiger partial charge < -0.3 is 15.6 Å². The fourth-order valence-corrected chi connectivity index (χ4v) is 4.18. The first-order chi connectivity index (χ1) is 13.0. The average Bonchev–Trinajstić information content (AvgIpc) is 3.42. The standard InChI is InChI=1S/C21H21N3O3/c1-11-8-14(5-7-17(11)22)24-20(12-2-3-12)16-10-27-18-9-13(21(25)26)4-6-15(18)19(16)23-24/h4-9,12,16,20H,2-3,10,22H2,1H3,(H,25,26). The van der Waals surface area contributed by atoms with Crippen molar-refractivity contribution in [3.63, 3.8) is 0 Å². The van der Waals surface area contributed by atoms with E-state index in [2.05, 4.69) is 11.1 Å².